The number of nitrogens with zero attached hydrogens (tertiary/aromatic N) is 2. The normalized spacial score (nSPS) is 10.4. The van der Waals surface area contributed by atoms with Crippen LogP contribution in [0.3, 0.4) is 0 Å². The minimum absolute atomic E-state index is 0.479. The summed E-state index contributed by atoms with van der Waals surface area (Å²) in [5.41, 5.74) is 7.23. The van der Waals surface area contributed by atoms with Crippen molar-refractivity contribution in [3.05, 3.63) is 48.8 Å². The van der Waals surface area contributed by atoms with Crippen LogP contribution in [0.1, 0.15) is 0 Å². The molecule has 100 valence electrons. The van der Waals surface area contributed by atoms with E-state index in [0.717, 1.165) is 16.7 Å². The number of benzene rings is 2. The lowest BCUT2D eigenvalue weighted by molar-refractivity contribution is 0.412. The first-order valence-electron chi connectivity index (χ1n) is 6.08. The molecule has 5 nitrogen and oxygen atoms in total. The lowest BCUT2D eigenvalue weighted by Crippen LogP contribution is -1.93. The summed E-state index contributed by atoms with van der Waals surface area (Å²) in [7, 11) is 1.62. The zero-order valence-corrected chi connectivity index (χ0v) is 10.9. The fraction of sp³-hybridized carbons (Fsp3) is 0.0667. The SMILES string of the molecule is COc1ccc(Oc2ncnc3ccc(N)cc23)cc1. The smallest absolute Gasteiger partial charge is 0.230 e. The Balaban J connectivity index is 1.99. The predicted octanol–water partition coefficient (Wildman–Crippen LogP) is 3.01. The van der Waals surface area contributed by atoms with Crippen molar-refractivity contribution in [1.82, 2.24) is 9.97 Å². The molecule has 2 aromatic carbocycles. The van der Waals surface area contributed by atoms with Crippen molar-refractivity contribution < 1.29 is 9.47 Å². The highest BCUT2D eigenvalue weighted by Crippen LogP contribution is 2.28. The van der Waals surface area contributed by atoms with E-state index in [2.05, 4.69) is 9.97 Å². The van der Waals surface area contributed by atoms with E-state index in [0.29, 0.717) is 17.3 Å². The number of nitrogens with two attached hydrogens (primary N) is 1. The number of aromatic nitrogens is 2. The second-order valence-corrected chi connectivity index (χ2v) is 4.23. The van der Waals surface area contributed by atoms with E-state index in [4.69, 9.17) is 15.2 Å². The molecule has 0 radical (unpaired) electrons. The highest BCUT2D eigenvalue weighted by molar-refractivity contribution is 5.86. The lowest BCUT2D eigenvalue weighted by atomic mass is 10.2. The Labute approximate surface area is 116 Å². The molecule has 3 rings (SSSR count). The molecule has 0 bridgehead atoms. The molecule has 0 saturated carbocycles. The summed E-state index contributed by atoms with van der Waals surface area (Å²) in [5, 5.41) is 0.781. The van der Waals surface area contributed by atoms with Crippen molar-refractivity contribution in [3.8, 4) is 17.4 Å². The minimum Gasteiger partial charge on any atom is -0.497 e. The molecule has 0 saturated heterocycles. The van der Waals surface area contributed by atoms with Crippen molar-refractivity contribution in [3.63, 3.8) is 0 Å². The number of fused-ring (bicyclic) bond motifs is 1. The molecule has 0 atom stereocenters. The van der Waals surface area contributed by atoms with Crippen LogP contribution in [0.2, 0.25) is 0 Å². The van der Waals surface area contributed by atoms with Gasteiger partial charge in [-0.3, -0.25) is 0 Å². The van der Waals surface area contributed by atoms with Gasteiger partial charge in [0.05, 0.1) is 18.0 Å². The molecule has 0 spiro atoms. The summed E-state index contributed by atoms with van der Waals surface area (Å²) in [6, 6.07) is 12.7. The van der Waals surface area contributed by atoms with Crippen LogP contribution in [0.15, 0.2) is 48.8 Å². The highest BCUT2D eigenvalue weighted by atomic mass is 16.5. The summed E-state index contributed by atoms with van der Waals surface area (Å²) in [4.78, 5) is 8.35. The summed E-state index contributed by atoms with van der Waals surface area (Å²) in [5.74, 6) is 1.93. The summed E-state index contributed by atoms with van der Waals surface area (Å²) in [6.07, 6.45) is 1.47. The summed E-state index contributed by atoms with van der Waals surface area (Å²) >= 11 is 0. The average molecular weight is 267 g/mol. The van der Waals surface area contributed by atoms with Gasteiger partial charge in [0.1, 0.15) is 17.8 Å². The zero-order valence-electron chi connectivity index (χ0n) is 10.9. The Morgan fingerprint density at radius 3 is 2.45 bits per heavy atom. The molecule has 0 fully saturated rings. The van der Waals surface area contributed by atoms with Gasteiger partial charge in [0.2, 0.25) is 5.88 Å². The van der Waals surface area contributed by atoms with E-state index in [1.807, 2.05) is 30.3 Å². The van der Waals surface area contributed by atoms with Gasteiger partial charge < -0.3 is 15.2 Å². The number of nitrogen functional groups attached to an aromatic ring is 1. The van der Waals surface area contributed by atoms with E-state index < -0.39 is 0 Å². The van der Waals surface area contributed by atoms with Gasteiger partial charge in [-0.1, -0.05) is 0 Å². The first-order chi connectivity index (χ1) is 9.76. The van der Waals surface area contributed by atoms with Crippen LogP contribution in [0.5, 0.6) is 17.4 Å². The standard InChI is InChI=1S/C15H13N3O2/c1-19-11-3-5-12(6-4-11)20-15-13-8-10(16)2-7-14(13)17-9-18-15/h2-9H,16H2,1H3. The summed E-state index contributed by atoms with van der Waals surface area (Å²) < 4.78 is 10.9. The molecule has 0 aliphatic carbocycles. The molecule has 0 aliphatic heterocycles. The van der Waals surface area contributed by atoms with Crippen molar-refractivity contribution in [2.45, 2.75) is 0 Å². The van der Waals surface area contributed by atoms with E-state index >= 15 is 0 Å². The first-order valence-corrected chi connectivity index (χ1v) is 6.08. The van der Waals surface area contributed by atoms with E-state index in [1.165, 1.54) is 6.33 Å². The van der Waals surface area contributed by atoms with Crippen molar-refractivity contribution in [2.24, 2.45) is 0 Å². The number of anilines is 1. The van der Waals surface area contributed by atoms with Crippen LogP contribution in [0, 0.1) is 0 Å². The zero-order chi connectivity index (χ0) is 13.9. The maximum absolute atomic E-state index is 5.80. The number of hydrogen-bond donors (Lipinski definition) is 1. The molecule has 0 unspecified atom stereocenters. The molecule has 0 amide bonds. The molecular formula is C15H13N3O2. The third-order valence-corrected chi connectivity index (χ3v) is 2.90. The Kier molecular flexibility index (Phi) is 3.09. The summed E-state index contributed by atoms with van der Waals surface area (Å²) in [6.45, 7) is 0. The fourth-order valence-electron chi connectivity index (χ4n) is 1.89. The van der Waals surface area contributed by atoms with Gasteiger partial charge in [-0.25, -0.2) is 9.97 Å². The first kappa shape index (κ1) is 12.2. The van der Waals surface area contributed by atoms with Gasteiger partial charge in [0, 0.05) is 5.69 Å². The topological polar surface area (TPSA) is 70.3 Å². The molecule has 3 aromatic rings. The maximum atomic E-state index is 5.80. The Hall–Kier alpha value is -2.82. The van der Waals surface area contributed by atoms with Gasteiger partial charge in [-0.15, -0.1) is 0 Å². The quantitative estimate of drug-likeness (QED) is 0.739. The molecule has 20 heavy (non-hydrogen) atoms. The molecule has 0 aliphatic rings. The van der Waals surface area contributed by atoms with Crippen LogP contribution in [0.4, 0.5) is 5.69 Å². The Morgan fingerprint density at radius 2 is 1.70 bits per heavy atom. The van der Waals surface area contributed by atoms with Crippen molar-refractivity contribution in [1.29, 1.82) is 0 Å². The van der Waals surface area contributed by atoms with Gasteiger partial charge in [-0.2, -0.15) is 0 Å². The number of rotatable bonds is 3. The Morgan fingerprint density at radius 1 is 0.950 bits per heavy atom. The highest BCUT2D eigenvalue weighted by Gasteiger charge is 2.06. The Bertz CT molecular complexity index is 742. The lowest BCUT2D eigenvalue weighted by Gasteiger charge is -2.08. The second-order valence-electron chi connectivity index (χ2n) is 4.23. The number of hydrogen-bond acceptors (Lipinski definition) is 5. The van der Waals surface area contributed by atoms with Crippen LogP contribution >= 0.6 is 0 Å². The van der Waals surface area contributed by atoms with Gasteiger partial charge in [0.25, 0.3) is 0 Å². The maximum Gasteiger partial charge on any atom is 0.230 e. The predicted molar refractivity (Wildman–Crippen MR) is 77.0 cm³/mol. The van der Waals surface area contributed by atoms with Crippen LogP contribution in [-0.4, -0.2) is 17.1 Å². The molecular weight excluding hydrogens is 254 g/mol. The third kappa shape index (κ3) is 2.33. The van der Waals surface area contributed by atoms with Gasteiger partial charge in [-0.05, 0) is 42.5 Å². The molecule has 2 N–H and O–H groups in total. The second kappa shape index (κ2) is 5.05. The monoisotopic (exact) mass is 267 g/mol. The fourth-order valence-corrected chi connectivity index (χ4v) is 1.89. The van der Waals surface area contributed by atoms with Gasteiger partial charge >= 0.3 is 0 Å². The van der Waals surface area contributed by atoms with Crippen LogP contribution < -0.4 is 15.2 Å². The molecule has 1 aromatic heterocycles. The van der Waals surface area contributed by atoms with E-state index in [9.17, 15) is 0 Å². The number of ether oxygens (including phenoxy) is 2. The van der Waals surface area contributed by atoms with Crippen molar-refractivity contribution in [2.75, 3.05) is 12.8 Å². The van der Waals surface area contributed by atoms with E-state index in [1.54, 1.807) is 19.2 Å². The number of methoxy groups -OCH3 is 1. The minimum atomic E-state index is 0.479. The average Bonchev–Trinajstić information content (AvgIpc) is 2.49. The van der Waals surface area contributed by atoms with E-state index in [-0.39, 0.29) is 0 Å². The largest absolute Gasteiger partial charge is 0.497 e. The van der Waals surface area contributed by atoms with Gasteiger partial charge in [0.15, 0.2) is 0 Å². The van der Waals surface area contributed by atoms with Crippen LogP contribution in [0.25, 0.3) is 10.9 Å². The van der Waals surface area contributed by atoms with Crippen molar-refractivity contribution >= 4 is 16.6 Å². The molecule has 1 heterocycles. The van der Waals surface area contributed by atoms with Crippen LogP contribution in [-0.2, 0) is 0 Å². The third-order valence-electron chi connectivity index (χ3n) is 2.90. The molecule has 5 heteroatoms.